The van der Waals surface area contributed by atoms with Gasteiger partial charge < -0.3 is 4.74 Å². The van der Waals surface area contributed by atoms with Crippen LogP contribution in [0, 0.1) is 11.6 Å². The molecular weight excluding hydrogens is 266 g/mol. The quantitative estimate of drug-likeness (QED) is 0.837. The number of rotatable bonds is 3. The Kier molecular flexibility index (Phi) is 3.42. The molecule has 1 unspecified atom stereocenters. The molecule has 2 aromatic rings. The van der Waals surface area contributed by atoms with E-state index in [9.17, 15) is 8.78 Å². The molecule has 0 fully saturated rings. The summed E-state index contributed by atoms with van der Waals surface area (Å²) in [5, 5.41) is 0.325. The van der Waals surface area contributed by atoms with Crippen LogP contribution in [0.3, 0.4) is 0 Å². The van der Waals surface area contributed by atoms with Crippen LogP contribution < -0.4 is 4.74 Å². The average molecular weight is 278 g/mol. The maximum Gasteiger partial charge on any atom is 0.162 e. The molecule has 0 aromatic heterocycles. The second-order valence-corrected chi connectivity index (χ2v) is 5.78. The third-order valence-corrected chi connectivity index (χ3v) is 4.33. The molecule has 98 valence electrons. The predicted molar refractivity (Wildman–Crippen MR) is 71.6 cm³/mol. The molecule has 19 heavy (non-hydrogen) atoms. The molecular formula is C15H12F2OS. The van der Waals surface area contributed by atoms with Crippen molar-refractivity contribution in [3.63, 3.8) is 0 Å². The number of ether oxygens (including phenoxy) is 1. The topological polar surface area (TPSA) is 9.23 Å². The third-order valence-electron chi connectivity index (χ3n) is 3.04. The Balaban J connectivity index is 1.61. The van der Waals surface area contributed by atoms with Crippen molar-refractivity contribution < 1.29 is 13.5 Å². The number of halogens is 2. The molecule has 0 spiro atoms. The summed E-state index contributed by atoms with van der Waals surface area (Å²) in [6.07, 6.45) is 0.949. The van der Waals surface area contributed by atoms with Crippen molar-refractivity contribution in [2.75, 3.05) is 6.61 Å². The molecule has 3 rings (SSSR count). The van der Waals surface area contributed by atoms with Crippen LogP contribution in [0.4, 0.5) is 8.78 Å². The van der Waals surface area contributed by atoms with Crippen molar-refractivity contribution in [1.82, 2.24) is 0 Å². The number of thioether (sulfide) groups is 1. The molecule has 0 amide bonds. The Morgan fingerprint density at radius 1 is 1.11 bits per heavy atom. The minimum absolute atomic E-state index is 0.325. The maximum atomic E-state index is 13.0. The van der Waals surface area contributed by atoms with E-state index in [-0.39, 0.29) is 0 Å². The minimum atomic E-state index is -0.875. The molecule has 1 aliphatic heterocycles. The predicted octanol–water partition coefficient (Wildman–Crippen LogP) is 4.06. The van der Waals surface area contributed by atoms with Gasteiger partial charge in [0, 0.05) is 16.2 Å². The van der Waals surface area contributed by atoms with E-state index in [0.717, 1.165) is 18.6 Å². The van der Waals surface area contributed by atoms with E-state index >= 15 is 0 Å². The summed E-state index contributed by atoms with van der Waals surface area (Å²) in [5.74, 6) is -1.36. The van der Waals surface area contributed by atoms with Crippen molar-refractivity contribution >= 4 is 11.8 Å². The number of hydrogen-bond donors (Lipinski definition) is 0. The Bertz CT molecular complexity index is 575. The van der Waals surface area contributed by atoms with Crippen LogP contribution >= 0.6 is 11.8 Å². The molecule has 0 saturated carbocycles. The first-order valence-electron chi connectivity index (χ1n) is 6.05. The zero-order valence-electron chi connectivity index (χ0n) is 10.1. The van der Waals surface area contributed by atoms with E-state index in [1.807, 2.05) is 12.1 Å². The van der Waals surface area contributed by atoms with Crippen LogP contribution in [0.1, 0.15) is 5.56 Å². The van der Waals surface area contributed by atoms with Gasteiger partial charge in [0.15, 0.2) is 11.6 Å². The fourth-order valence-electron chi connectivity index (χ4n) is 2.10. The zero-order valence-corrected chi connectivity index (χ0v) is 10.9. The second kappa shape index (κ2) is 5.21. The smallest absolute Gasteiger partial charge is 0.162 e. The highest BCUT2D eigenvalue weighted by atomic mass is 32.2. The summed E-state index contributed by atoms with van der Waals surface area (Å²) in [5.41, 5.74) is 1.33. The van der Waals surface area contributed by atoms with Gasteiger partial charge in [-0.3, -0.25) is 0 Å². The SMILES string of the molecule is Fc1ccc(OCC2Cc3ccccc3S2)cc1F. The largest absolute Gasteiger partial charge is 0.492 e. The van der Waals surface area contributed by atoms with Gasteiger partial charge in [-0.1, -0.05) is 18.2 Å². The standard InChI is InChI=1S/C15H12F2OS/c16-13-6-5-11(8-14(13)17)18-9-12-7-10-3-1-2-4-15(10)19-12/h1-6,8,12H,7,9H2. The second-order valence-electron chi connectivity index (χ2n) is 4.44. The Labute approximate surface area is 114 Å². The average Bonchev–Trinajstić information content (AvgIpc) is 2.83. The highest BCUT2D eigenvalue weighted by Gasteiger charge is 2.22. The first-order valence-corrected chi connectivity index (χ1v) is 6.93. The van der Waals surface area contributed by atoms with Crippen molar-refractivity contribution in [2.45, 2.75) is 16.6 Å². The minimum Gasteiger partial charge on any atom is -0.492 e. The lowest BCUT2D eigenvalue weighted by molar-refractivity contribution is 0.314. The van der Waals surface area contributed by atoms with Crippen molar-refractivity contribution in [3.8, 4) is 5.75 Å². The molecule has 0 bridgehead atoms. The normalized spacial score (nSPS) is 17.3. The van der Waals surface area contributed by atoms with Crippen LogP contribution in [-0.4, -0.2) is 11.9 Å². The molecule has 1 nitrogen and oxygen atoms in total. The number of fused-ring (bicyclic) bond motifs is 1. The third kappa shape index (κ3) is 2.73. The maximum absolute atomic E-state index is 13.0. The van der Waals surface area contributed by atoms with Crippen LogP contribution in [0.15, 0.2) is 47.4 Å². The Hall–Kier alpha value is -1.55. The van der Waals surface area contributed by atoms with Gasteiger partial charge in [0.05, 0.1) is 0 Å². The van der Waals surface area contributed by atoms with Crippen LogP contribution in [0.5, 0.6) is 5.75 Å². The lowest BCUT2D eigenvalue weighted by Crippen LogP contribution is -2.13. The van der Waals surface area contributed by atoms with Gasteiger partial charge >= 0.3 is 0 Å². The highest BCUT2D eigenvalue weighted by Crippen LogP contribution is 2.36. The molecule has 4 heteroatoms. The molecule has 2 aromatic carbocycles. The Morgan fingerprint density at radius 2 is 1.95 bits per heavy atom. The van der Waals surface area contributed by atoms with E-state index in [0.29, 0.717) is 17.6 Å². The molecule has 1 aliphatic rings. The van der Waals surface area contributed by atoms with Gasteiger partial charge in [-0.25, -0.2) is 8.78 Å². The summed E-state index contributed by atoms with van der Waals surface area (Å²) >= 11 is 1.77. The first kappa shape index (κ1) is 12.5. The Morgan fingerprint density at radius 3 is 2.74 bits per heavy atom. The summed E-state index contributed by atoms with van der Waals surface area (Å²) in [6.45, 7) is 0.490. The van der Waals surface area contributed by atoms with Crippen LogP contribution in [-0.2, 0) is 6.42 Å². The lowest BCUT2D eigenvalue weighted by Gasteiger charge is -2.11. The van der Waals surface area contributed by atoms with Gasteiger partial charge in [-0.05, 0) is 30.2 Å². The van der Waals surface area contributed by atoms with Gasteiger partial charge in [0.2, 0.25) is 0 Å². The lowest BCUT2D eigenvalue weighted by atomic mass is 10.1. The van der Waals surface area contributed by atoms with Gasteiger partial charge in [-0.15, -0.1) is 11.8 Å². The summed E-state index contributed by atoms with van der Waals surface area (Å²) in [6, 6.07) is 11.9. The van der Waals surface area contributed by atoms with Gasteiger partial charge in [0.25, 0.3) is 0 Å². The molecule has 0 N–H and O–H groups in total. The van der Waals surface area contributed by atoms with Crippen LogP contribution in [0.25, 0.3) is 0 Å². The number of benzene rings is 2. The van der Waals surface area contributed by atoms with E-state index in [1.165, 1.54) is 16.5 Å². The summed E-state index contributed by atoms with van der Waals surface area (Å²) in [4.78, 5) is 1.28. The van der Waals surface area contributed by atoms with Crippen molar-refractivity contribution in [1.29, 1.82) is 0 Å². The van der Waals surface area contributed by atoms with Gasteiger partial charge in [0.1, 0.15) is 12.4 Å². The van der Waals surface area contributed by atoms with Gasteiger partial charge in [-0.2, -0.15) is 0 Å². The first-order chi connectivity index (χ1) is 9.22. The highest BCUT2D eigenvalue weighted by molar-refractivity contribution is 8.00. The van der Waals surface area contributed by atoms with E-state index < -0.39 is 11.6 Å². The monoisotopic (exact) mass is 278 g/mol. The zero-order chi connectivity index (χ0) is 13.2. The molecule has 0 saturated heterocycles. The molecule has 1 heterocycles. The fourth-order valence-corrected chi connectivity index (χ4v) is 3.32. The van der Waals surface area contributed by atoms with Crippen molar-refractivity contribution in [3.05, 3.63) is 59.7 Å². The molecule has 1 atom stereocenters. The summed E-state index contributed by atoms with van der Waals surface area (Å²) in [7, 11) is 0. The van der Waals surface area contributed by atoms with E-state index in [1.54, 1.807) is 11.8 Å². The van der Waals surface area contributed by atoms with Crippen molar-refractivity contribution in [2.24, 2.45) is 0 Å². The molecule has 0 aliphatic carbocycles. The fraction of sp³-hybridized carbons (Fsp3) is 0.200. The molecule has 0 radical (unpaired) electrons. The van der Waals surface area contributed by atoms with E-state index in [4.69, 9.17) is 4.74 Å². The van der Waals surface area contributed by atoms with E-state index in [2.05, 4.69) is 12.1 Å². The van der Waals surface area contributed by atoms with Crippen LogP contribution in [0.2, 0.25) is 0 Å². The summed E-state index contributed by atoms with van der Waals surface area (Å²) < 4.78 is 31.3. The number of hydrogen-bond acceptors (Lipinski definition) is 2.